The zero-order chi connectivity index (χ0) is 96.9. The minimum absolute atomic E-state index is 0.584. The molecule has 0 amide bonds. The van der Waals surface area contributed by atoms with Gasteiger partial charge >= 0.3 is 0 Å². The fraction of sp³-hybridized carbons (Fsp3) is 0. The Bertz CT molecular complexity index is 9630. The number of hydrogen-bond donors (Lipinski definition) is 0. The SMILES string of the molecule is c1ccc(-c2nc(-c3ccc4ccccc4c3)nc(-c3ccc(-c4ccc5ccccc5c4)c4oc5cc6ccncc6cc5c34)n2)cc1.c1ccc(-c2nc(-c3ccc4ccccc4c3)nc(-c3ccc(-c4ccc5ccccc5c4)c4oc5cc6cnccc6cc5c34)n2)cc1.c1ccc(-c2nc(-c3ccc4ccccc4c3)nc(-c3ccc(-c4ccc5ccccc5c4)c4oc5cc6ncccc6cc5c34)n2)cc1. The molecule has 0 bridgehead atoms. The summed E-state index contributed by atoms with van der Waals surface area (Å²) >= 11 is 0. The molecule has 15 nitrogen and oxygen atoms in total. The standard InChI is InChI=1S/3C44H26N4O/c1-2-11-29(12-3-1)42-46-43(34-19-17-28-10-5-7-14-31(28)24-34)48-44(47-42)36-21-20-35(32-18-16-27-9-4-6-13-30(27)23-32)41-40(36)37-25-33-15-8-22-45-38(33)26-39(37)49-41;1-2-10-29(11-3-1)42-46-43(34-17-15-28-9-5-7-13-31(28)23-34)48-44(47-42)37-19-18-36(33-16-14-27-8-4-6-12-30(27)22-33)41-40(37)38-24-35-26-45-21-20-32(35)25-39(38)49-41;1-2-10-29(11-3-1)42-46-43(34-17-15-28-9-5-7-13-31(28)23-34)48-44(47-42)37-19-18-36(33-16-14-27-8-4-6-12-30(27)22-33)41-40(37)38-24-32-20-21-45-26-35(32)25-39(38)49-41/h3*1-26H. The lowest BCUT2D eigenvalue weighted by Crippen LogP contribution is -2.00. The number of aromatic nitrogens is 12. The van der Waals surface area contributed by atoms with Gasteiger partial charge in [0.1, 0.15) is 33.5 Å². The summed E-state index contributed by atoms with van der Waals surface area (Å²) in [6, 6.07) is 153. The van der Waals surface area contributed by atoms with Gasteiger partial charge in [0.2, 0.25) is 0 Å². The Kier molecular flexibility index (Phi) is 20.5. The predicted molar refractivity (Wildman–Crippen MR) is 597 cm³/mol. The van der Waals surface area contributed by atoms with E-state index in [4.69, 9.17) is 58.1 Å². The number of furan rings is 3. The first-order valence-electron chi connectivity index (χ1n) is 48.9. The molecule has 0 saturated carbocycles. The molecule has 0 spiro atoms. The van der Waals surface area contributed by atoms with E-state index in [2.05, 4.69) is 343 Å². The smallest absolute Gasteiger partial charge is 0.164 e. The van der Waals surface area contributed by atoms with Crippen molar-refractivity contribution in [3.63, 3.8) is 0 Å². The molecule has 0 aliphatic heterocycles. The molecule has 30 aromatic rings. The molecule has 0 fully saturated rings. The van der Waals surface area contributed by atoms with Crippen LogP contribution in [-0.2, 0) is 0 Å². The lowest BCUT2D eigenvalue weighted by Gasteiger charge is -2.11. The molecular formula is C132H78N12O3. The third-order valence-corrected chi connectivity index (χ3v) is 28.0. The molecule has 9 heterocycles. The third-order valence-electron chi connectivity index (χ3n) is 28.0. The van der Waals surface area contributed by atoms with Crippen molar-refractivity contribution in [3.05, 3.63) is 474 Å². The largest absolute Gasteiger partial charge is 0.455 e. The summed E-state index contributed by atoms with van der Waals surface area (Å²) in [5, 5.41) is 25.1. The van der Waals surface area contributed by atoms with Crippen LogP contribution >= 0.6 is 0 Å². The first kappa shape index (κ1) is 84.9. The number of rotatable bonds is 12. The van der Waals surface area contributed by atoms with E-state index in [1.54, 1.807) is 0 Å². The van der Waals surface area contributed by atoms with Crippen molar-refractivity contribution in [1.29, 1.82) is 0 Å². The molecule has 0 N–H and O–H groups in total. The van der Waals surface area contributed by atoms with Gasteiger partial charge in [0.15, 0.2) is 52.4 Å². The Hall–Kier alpha value is -20.2. The van der Waals surface area contributed by atoms with Crippen LogP contribution < -0.4 is 0 Å². The van der Waals surface area contributed by atoms with Crippen molar-refractivity contribution in [3.8, 4) is 136 Å². The van der Waals surface area contributed by atoms with Crippen molar-refractivity contribution in [2.75, 3.05) is 0 Å². The number of fused-ring (bicyclic) bond motifs is 18. The minimum Gasteiger partial charge on any atom is -0.455 e. The number of hydrogen-bond acceptors (Lipinski definition) is 15. The Morgan fingerprint density at radius 1 is 0.150 bits per heavy atom. The first-order valence-corrected chi connectivity index (χ1v) is 48.9. The van der Waals surface area contributed by atoms with E-state index < -0.39 is 0 Å². The highest BCUT2D eigenvalue weighted by Gasteiger charge is 2.28. The van der Waals surface area contributed by atoms with Crippen LogP contribution in [-0.4, -0.2) is 59.8 Å². The summed E-state index contributed by atoms with van der Waals surface area (Å²) in [5.41, 5.74) is 20.1. The van der Waals surface area contributed by atoms with Gasteiger partial charge in [-0.15, -0.1) is 0 Å². The van der Waals surface area contributed by atoms with E-state index in [0.29, 0.717) is 52.4 Å². The molecule has 9 aromatic heterocycles. The van der Waals surface area contributed by atoms with Crippen LogP contribution in [0.4, 0.5) is 0 Å². The maximum Gasteiger partial charge on any atom is 0.164 e. The average molecular weight is 1880 g/mol. The molecule has 0 aliphatic rings. The summed E-state index contributed by atoms with van der Waals surface area (Å²) in [4.78, 5) is 59.3. The predicted octanol–water partition coefficient (Wildman–Crippen LogP) is 33.9. The van der Waals surface area contributed by atoms with Gasteiger partial charge in [-0.1, -0.05) is 315 Å². The second kappa shape index (κ2) is 35.6. The van der Waals surface area contributed by atoms with Crippen LogP contribution in [0.15, 0.2) is 487 Å². The average Bonchev–Trinajstić information content (AvgIpc) is 1.71. The Labute approximate surface area is 839 Å². The number of benzene rings is 21. The molecule has 0 atom stereocenters. The molecule has 684 valence electrons. The molecule has 15 heteroatoms. The van der Waals surface area contributed by atoms with Crippen LogP contribution in [0.2, 0.25) is 0 Å². The number of pyridine rings is 3. The summed E-state index contributed by atoms with van der Waals surface area (Å²) in [6.07, 6.45) is 9.22. The monoisotopic (exact) mass is 1880 g/mol. The molecule has 21 aromatic carbocycles. The summed E-state index contributed by atoms with van der Waals surface area (Å²) in [5.74, 6) is 5.45. The van der Waals surface area contributed by atoms with Gasteiger partial charge in [-0.2, -0.15) is 0 Å². The van der Waals surface area contributed by atoms with E-state index >= 15 is 0 Å². The van der Waals surface area contributed by atoms with Crippen molar-refractivity contribution >= 4 is 163 Å². The van der Waals surface area contributed by atoms with E-state index in [9.17, 15) is 0 Å². The van der Waals surface area contributed by atoms with Crippen LogP contribution in [0.1, 0.15) is 0 Å². The lowest BCUT2D eigenvalue weighted by atomic mass is 9.96. The van der Waals surface area contributed by atoms with Gasteiger partial charge in [-0.3, -0.25) is 15.0 Å². The van der Waals surface area contributed by atoms with Crippen LogP contribution in [0.3, 0.4) is 0 Å². The van der Waals surface area contributed by atoms with Gasteiger partial charge < -0.3 is 13.3 Å². The molecule has 0 radical (unpaired) electrons. The zero-order valence-corrected chi connectivity index (χ0v) is 78.6. The van der Waals surface area contributed by atoms with Crippen molar-refractivity contribution < 1.29 is 13.3 Å². The van der Waals surface area contributed by atoms with E-state index in [1.807, 2.05) is 146 Å². The van der Waals surface area contributed by atoms with Crippen molar-refractivity contribution in [2.24, 2.45) is 0 Å². The maximum absolute atomic E-state index is 6.81. The zero-order valence-electron chi connectivity index (χ0n) is 78.6. The summed E-state index contributed by atoms with van der Waals surface area (Å²) in [6.45, 7) is 0. The fourth-order valence-electron chi connectivity index (χ4n) is 20.7. The second-order valence-corrected chi connectivity index (χ2v) is 37.0. The first-order chi connectivity index (χ1) is 72.7. The van der Waals surface area contributed by atoms with E-state index in [1.165, 1.54) is 48.5 Å². The molecule has 0 saturated heterocycles. The highest BCUT2D eigenvalue weighted by atomic mass is 16.3. The van der Waals surface area contributed by atoms with Crippen LogP contribution in [0.5, 0.6) is 0 Å². The lowest BCUT2D eigenvalue weighted by molar-refractivity contribution is 0.670. The van der Waals surface area contributed by atoms with E-state index in [-0.39, 0.29) is 0 Å². The Balaban J connectivity index is 0.000000107. The molecule has 0 unspecified atom stereocenters. The molecule has 147 heavy (non-hydrogen) atoms. The quantitative estimate of drug-likeness (QED) is 0.112. The fourth-order valence-corrected chi connectivity index (χ4v) is 20.7. The summed E-state index contributed by atoms with van der Waals surface area (Å²) < 4.78 is 20.4. The Morgan fingerprint density at radius 3 is 0.741 bits per heavy atom. The van der Waals surface area contributed by atoms with E-state index in [0.717, 1.165) is 198 Å². The maximum atomic E-state index is 6.81. The second-order valence-electron chi connectivity index (χ2n) is 37.0. The van der Waals surface area contributed by atoms with Gasteiger partial charge in [-0.25, -0.2) is 44.9 Å². The van der Waals surface area contributed by atoms with Crippen molar-refractivity contribution in [1.82, 2.24) is 59.8 Å². The van der Waals surface area contributed by atoms with Gasteiger partial charge in [0.25, 0.3) is 0 Å². The molecular weight excluding hydrogens is 1800 g/mol. The molecule has 30 rings (SSSR count). The molecule has 0 aliphatic carbocycles. The van der Waals surface area contributed by atoms with Gasteiger partial charge in [0.05, 0.1) is 5.52 Å². The van der Waals surface area contributed by atoms with Gasteiger partial charge in [0, 0.05) is 152 Å². The van der Waals surface area contributed by atoms with Crippen LogP contribution in [0.25, 0.3) is 299 Å². The topological polar surface area (TPSA) is 194 Å². The van der Waals surface area contributed by atoms with Gasteiger partial charge in [-0.05, 0) is 213 Å². The normalized spacial score (nSPS) is 11.7. The van der Waals surface area contributed by atoms with Crippen molar-refractivity contribution in [2.45, 2.75) is 0 Å². The Morgan fingerprint density at radius 2 is 0.395 bits per heavy atom. The summed E-state index contributed by atoms with van der Waals surface area (Å²) in [7, 11) is 0. The van der Waals surface area contributed by atoms with Crippen LogP contribution in [0, 0.1) is 0 Å². The highest BCUT2D eigenvalue weighted by molar-refractivity contribution is 6.22. The number of nitrogens with zero attached hydrogens (tertiary/aromatic N) is 12. The third kappa shape index (κ3) is 15.6. The highest BCUT2D eigenvalue weighted by Crippen LogP contribution is 2.49. The minimum atomic E-state index is 0.584.